The summed E-state index contributed by atoms with van der Waals surface area (Å²) in [5.74, 6) is -1.85. The molecule has 11 heteroatoms. The molecule has 1 aromatic carbocycles. The Morgan fingerprint density at radius 3 is 2.24 bits per heavy atom. The highest BCUT2D eigenvalue weighted by atomic mass is 16.6. The lowest BCUT2D eigenvalue weighted by atomic mass is 9.99. The zero-order valence-electron chi connectivity index (χ0n) is 22.0. The molecule has 0 spiro atoms. The van der Waals surface area contributed by atoms with Crippen molar-refractivity contribution in [2.45, 2.75) is 58.5 Å². The van der Waals surface area contributed by atoms with Crippen molar-refractivity contribution in [3.05, 3.63) is 35.9 Å². The Labute approximate surface area is 218 Å². The number of amides is 4. The first-order valence-corrected chi connectivity index (χ1v) is 12.6. The summed E-state index contributed by atoms with van der Waals surface area (Å²) in [7, 11) is 1.42. The van der Waals surface area contributed by atoms with Gasteiger partial charge >= 0.3 is 12.1 Å². The molecule has 1 rings (SSSR count). The first-order valence-electron chi connectivity index (χ1n) is 12.6. The van der Waals surface area contributed by atoms with E-state index in [1.807, 2.05) is 30.3 Å². The molecular formula is C26H40N4O7. The summed E-state index contributed by atoms with van der Waals surface area (Å²) in [4.78, 5) is 59.5. The Bertz CT molecular complexity index is 877. The van der Waals surface area contributed by atoms with Crippen molar-refractivity contribution in [1.29, 1.82) is 0 Å². The van der Waals surface area contributed by atoms with Crippen LogP contribution in [-0.4, -0.2) is 73.0 Å². The van der Waals surface area contributed by atoms with Gasteiger partial charge in [-0.25, -0.2) is 4.79 Å². The van der Waals surface area contributed by atoms with Gasteiger partial charge in [-0.1, -0.05) is 50.6 Å². The lowest BCUT2D eigenvalue weighted by Gasteiger charge is -2.20. The van der Waals surface area contributed by atoms with E-state index in [0.717, 1.165) is 16.9 Å². The molecule has 0 fully saturated rings. The number of aliphatic carboxylic acids is 1. The molecule has 4 N–H and O–H groups in total. The normalized spacial score (nSPS) is 11.4. The lowest BCUT2D eigenvalue weighted by Crippen LogP contribution is -2.43. The maximum absolute atomic E-state index is 12.2. The predicted molar refractivity (Wildman–Crippen MR) is 137 cm³/mol. The number of nitrogens with zero attached hydrogens (tertiary/aromatic N) is 1. The molecule has 11 nitrogen and oxygen atoms in total. The van der Waals surface area contributed by atoms with Crippen LogP contribution in [0.3, 0.4) is 0 Å². The monoisotopic (exact) mass is 520 g/mol. The SMILES string of the molecule is CC(C)CC(OC(=O)NCCCCCC(=O)NCC(=O)N(C)CC(=O)NCCC(=O)O)c1ccccc1. The fraction of sp³-hybridized carbons (Fsp3) is 0.577. The molecule has 1 unspecified atom stereocenters. The highest BCUT2D eigenvalue weighted by molar-refractivity contribution is 5.88. The summed E-state index contributed by atoms with van der Waals surface area (Å²) < 4.78 is 5.62. The predicted octanol–water partition coefficient (Wildman–Crippen LogP) is 2.23. The molecule has 0 heterocycles. The van der Waals surface area contributed by atoms with Gasteiger partial charge in [0.15, 0.2) is 0 Å². The zero-order chi connectivity index (χ0) is 27.6. The Kier molecular flexibility index (Phi) is 15.1. The van der Waals surface area contributed by atoms with Gasteiger partial charge in [-0.15, -0.1) is 0 Å². The Hall–Kier alpha value is -3.63. The first-order chi connectivity index (χ1) is 17.6. The molecule has 0 aliphatic heterocycles. The molecular weight excluding hydrogens is 480 g/mol. The summed E-state index contributed by atoms with van der Waals surface area (Å²) >= 11 is 0. The second-order valence-corrected chi connectivity index (χ2v) is 9.19. The Balaban J connectivity index is 2.17. The van der Waals surface area contributed by atoms with Gasteiger partial charge < -0.3 is 30.7 Å². The average Bonchev–Trinajstić information content (AvgIpc) is 2.84. The third-order valence-corrected chi connectivity index (χ3v) is 5.36. The number of rotatable bonds is 17. The minimum Gasteiger partial charge on any atom is -0.481 e. The summed E-state index contributed by atoms with van der Waals surface area (Å²) in [6.07, 6.45) is 1.98. The van der Waals surface area contributed by atoms with E-state index in [4.69, 9.17) is 9.84 Å². The second-order valence-electron chi connectivity index (χ2n) is 9.19. The third-order valence-electron chi connectivity index (χ3n) is 5.36. The maximum Gasteiger partial charge on any atom is 0.407 e. The number of alkyl carbamates (subject to hydrolysis) is 1. The maximum atomic E-state index is 12.2. The van der Waals surface area contributed by atoms with Crippen molar-refractivity contribution < 1.29 is 33.8 Å². The number of benzene rings is 1. The smallest absolute Gasteiger partial charge is 0.407 e. The number of hydrogen-bond acceptors (Lipinski definition) is 6. The van der Waals surface area contributed by atoms with Crippen LogP contribution in [0.5, 0.6) is 0 Å². The fourth-order valence-corrected chi connectivity index (χ4v) is 3.36. The molecule has 0 saturated heterocycles. The van der Waals surface area contributed by atoms with Crippen LogP contribution in [0.1, 0.15) is 64.0 Å². The van der Waals surface area contributed by atoms with Gasteiger partial charge in [0.1, 0.15) is 6.10 Å². The van der Waals surface area contributed by atoms with Gasteiger partial charge in [-0.05, 0) is 30.7 Å². The highest BCUT2D eigenvalue weighted by Gasteiger charge is 2.18. The topological polar surface area (TPSA) is 154 Å². The molecule has 37 heavy (non-hydrogen) atoms. The largest absolute Gasteiger partial charge is 0.481 e. The van der Waals surface area contributed by atoms with Gasteiger partial charge in [0.25, 0.3) is 0 Å². The van der Waals surface area contributed by atoms with E-state index in [1.165, 1.54) is 7.05 Å². The minimum absolute atomic E-state index is 0.0179. The van der Waals surface area contributed by atoms with E-state index in [1.54, 1.807) is 0 Å². The number of unbranched alkanes of at least 4 members (excludes halogenated alkanes) is 2. The zero-order valence-corrected chi connectivity index (χ0v) is 22.0. The molecule has 1 aromatic rings. The van der Waals surface area contributed by atoms with Gasteiger partial charge in [0.05, 0.1) is 19.5 Å². The standard InChI is InChI=1S/C26H40N4O7/c1-19(2)16-21(20-10-6-4-7-11-20)37-26(36)28-14-9-5-8-12-22(31)29-17-24(33)30(3)18-23(32)27-15-13-25(34)35/h4,6-7,10-11,19,21H,5,8-9,12-18H2,1-3H3,(H,27,32)(H,28,36)(H,29,31)(H,34,35). The van der Waals surface area contributed by atoms with E-state index in [2.05, 4.69) is 29.8 Å². The van der Waals surface area contributed by atoms with Gasteiger partial charge in [-0.3, -0.25) is 19.2 Å². The van der Waals surface area contributed by atoms with Crippen LogP contribution >= 0.6 is 0 Å². The van der Waals surface area contributed by atoms with Gasteiger partial charge in [0, 0.05) is 26.6 Å². The van der Waals surface area contributed by atoms with E-state index in [-0.39, 0.29) is 44.5 Å². The molecule has 0 bridgehead atoms. The molecule has 0 aliphatic rings. The van der Waals surface area contributed by atoms with E-state index >= 15 is 0 Å². The molecule has 4 amide bonds. The number of carbonyl (C=O) groups excluding carboxylic acids is 4. The van der Waals surface area contributed by atoms with Crippen LogP contribution in [0.4, 0.5) is 4.79 Å². The quantitative estimate of drug-likeness (QED) is 0.230. The summed E-state index contributed by atoms with van der Waals surface area (Å²) in [5.41, 5.74) is 0.959. The number of hydrogen-bond donors (Lipinski definition) is 4. The van der Waals surface area contributed by atoms with Crippen LogP contribution in [0, 0.1) is 5.92 Å². The number of ether oxygens (including phenoxy) is 1. The fourth-order valence-electron chi connectivity index (χ4n) is 3.36. The van der Waals surface area contributed by atoms with Crippen molar-refractivity contribution in [2.75, 3.05) is 33.2 Å². The number of likely N-dealkylation sites (N-methyl/N-ethyl adjacent to an activating group) is 1. The summed E-state index contributed by atoms with van der Waals surface area (Å²) in [6.45, 7) is 4.11. The summed E-state index contributed by atoms with van der Waals surface area (Å²) in [6, 6.07) is 9.64. The van der Waals surface area contributed by atoms with Crippen LogP contribution in [-0.2, 0) is 23.9 Å². The Morgan fingerprint density at radius 1 is 0.892 bits per heavy atom. The van der Waals surface area contributed by atoms with Crippen molar-refractivity contribution >= 4 is 29.8 Å². The van der Waals surface area contributed by atoms with Crippen molar-refractivity contribution in [1.82, 2.24) is 20.9 Å². The molecule has 0 radical (unpaired) electrons. The number of nitrogens with one attached hydrogen (secondary N) is 3. The van der Waals surface area contributed by atoms with Crippen LogP contribution < -0.4 is 16.0 Å². The summed E-state index contributed by atoms with van der Waals surface area (Å²) in [5, 5.41) is 16.2. The van der Waals surface area contributed by atoms with E-state index in [9.17, 15) is 24.0 Å². The number of carbonyl (C=O) groups is 5. The molecule has 0 saturated carbocycles. The average molecular weight is 521 g/mol. The lowest BCUT2D eigenvalue weighted by molar-refractivity contribution is -0.137. The molecule has 1 atom stereocenters. The van der Waals surface area contributed by atoms with Crippen molar-refractivity contribution in [3.8, 4) is 0 Å². The van der Waals surface area contributed by atoms with E-state index in [0.29, 0.717) is 31.7 Å². The van der Waals surface area contributed by atoms with Crippen molar-refractivity contribution in [2.24, 2.45) is 5.92 Å². The highest BCUT2D eigenvalue weighted by Crippen LogP contribution is 2.25. The third kappa shape index (κ3) is 15.2. The molecule has 0 aromatic heterocycles. The van der Waals surface area contributed by atoms with Gasteiger partial charge in [-0.2, -0.15) is 0 Å². The van der Waals surface area contributed by atoms with Gasteiger partial charge in [0.2, 0.25) is 17.7 Å². The van der Waals surface area contributed by atoms with Crippen LogP contribution in [0.2, 0.25) is 0 Å². The molecule has 206 valence electrons. The van der Waals surface area contributed by atoms with Crippen LogP contribution in [0.25, 0.3) is 0 Å². The number of carboxylic acids is 1. The Morgan fingerprint density at radius 2 is 1.59 bits per heavy atom. The van der Waals surface area contributed by atoms with Crippen LogP contribution in [0.15, 0.2) is 30.3 Å². The van der Waals surface area contributed by atoms with E-state index < -0.39 is 23.9 Å². The second kappa shape index (κ2) is 17.7. The first kappa shape index (κ1) is 31.4. The number of carboxylic acid groups (broad SMARTS) is 1. The van der Waals surface area contributed by atoms with Crippen molar-refractivity contribution in [3.63, 3.8) is 0 Å². The minimum atomic E-state index is -1.03. The molecule has 0 aliphatic carbocycles.